The van der Waals surface area contributed by atoms with Crippen molar-refractivity contribution in [3.05, 3.63) is 11.8 Å². The molecule has 0 unspecified atom stereocenters. The van der Waals surface area contributed by atoms with Crippen LogP contribution in [0.1, 0.15) is 12.6 Å². The maximum atomic E-state index is 12.6. The Morgan fingerprint density at radius 1 is 1.20 bits per heavy atom. The summed E-state index contributed by atoms with van der Waals surface area (Å²) in [5.41, 5.74) is 0.413. The van der Waals surface area contributed by atoms with E-state index in [4.69, 9.17) is 5.84 Å². The second-order valence-corrected chi connectivity index (χ2v) is 3.71. The summed E-state index contributed by atoms with van der Waals surface area (Å²) in [4.78, 5) is 7.19. The zero-order valence-electron chi connectivity index (χ0n) is 10.2. The molecule has 1 heterocycles. The van der Waals surface area contributed by atoms with E-state index in [1.165, 1.54) is 6.92 Å². The maximum absolute atomic E-state index is 12.6. The molecule has 3 N–H and O–H groups in total. The average molecular weight is 303 g/mol. The molecule has 0 spiro atoms. The molecule has 0 bridgehead atoms. The van der Waals surface area contributed by atoms with Gasteiger partial charge < -0.3 is 4.90 Å². The molecule has 0 aliphatic rings. The smallest absolute Gasteiger partial charge is 0.348 e. The Bertz CT molecular complexity index is 457. The van der Waals surface area contributed by atoms with Crippen molar-refractivity contribution in [1.29, 1.82) is 0 Å². The highest BCUT2D eigenvalue weighted by atomic mass is 19.4. The van der Waals surface area contributed by atoms with Crippen LogP contribution in [0.4, 0.5) is 38.1 Å². The van der Waals surface area contributed by atoms with E-state index in [1.807, 2.05) is 0 Å². The fraction of sp³-hybridized carbons (Fsp3) is 0.556. The lowest BCUT2D eigenvalue weighted by atomic mass is 10.3. The first kappa shape index (κ1) is 16.3. The number of aromatic nitrogens is 2. The van der Waals surface area contributed by atoms with Gasteiger partial charge in [0.2, 0.25) is 5.95 Å². The molecule has 1 rings (SSSR count). The molecule has 11 heteroatoms. The molecule has 5 nitrogen and oxygen atoms in total. The van der Waals surface area contributed by atoms with Crippen LogP contribution in [0, 0.1) is 0 Å². The molecule has 114 valence electrons. The highest BCUT2D eigenvalue weighted by Gasteiger charge is 2.36. The van der Waals surface area contributed by atoms with Crippen LogP contribution in [0.25, 0.3) is 0 Å². The van der Waals surface area contributed by atoms with E-state index in [0.29, 0.717) is 11.0 Å². The van der Waals surface area contributed by atoms with Gasteiger partial charge in [-0.1, -0.05) is 0 Å². The third-order valence-electron chi connectivity index (χ3n) is 2.21. The summed E-state index contributed by atoms with van der Waals surface area (Å²) in [5, 5.41) is 0. The van der Waals surface area contributed by atoms with E-state index < -0.39 is 36.4 Å². The lowest BCUT2D eigenvalue weighted by Crippen LogP contribution is -2.35. The summed E-state index contributed by atoms with van der Waals surface area (Å²) in [5.74, 6) is 3.79. The standard InChI is InChI=1S/C9H11F6N5/c1-2-20(4-8(10,11)12)6-3-5(9(13,14)15)17-7(18-6)19-16/h3H,2,4,16H2,1H3,(H,17,18,19). The van der Waals surface area contributed by atoms with Gasteiger partial charge in [-0.05, 0) is 6.92 Å². The number of nitrogens with one attached hydrogen (secondary N) is 1. The van der Waals surface area contributed by atoms with E-state index in [0.717, 1.165) is 0 Å². The SMILES string of the molecule is CCN(CC(F)(F)F)c1cc(C(F)(F)F)nc(NN)n1. The Kier molecular flexibility index (Phi) is 4.63. The van der Waals surface area contributed by atoms with Crippen LogP contribution in [0.2, 0.25) is 0 Å². The third-order valence-corrected chi connectivity index (χ3v) is 2.21. The van der Waals surface area contributed by atoms with Crippen LogP contribution in [0.3, 0.4) is 0 Å². The van der Waals surface area contributed by atoms with Crippen molar-refractivity contribution < 1.29 is 26.3 Å². The Balaban J connectivity index is 3.21. The number of nitrogens with two attached hydrogens (primary N) is 1. The van der Waals surface area contributed by atoms with Gasteiger partial charge in [-0.2, -0.15) is 31.3 Å². The largest absolute Gasteiger partial charge is 0.433 e. The van der Waals surface area contributed by atoms with Crippen LogP contribution in [-0.4, -0.2) is 29.2 Å². The highest BCUT2D eigenvalue weighted by molar-refractivity contribution is 5.45. The average Bonchev–Trinajstić information content (AvgIpc) is 2.33. The van der Waals surface area contributed by atoms with Gasteiger partial charge in [0.25, 0.3) is 0 Å². The van der Waals surface area contributed by atoms with Crippen LogP contribution in [-0.2, 0) is 6.18 Å². The number of nitrogen functional groups attached to an aromatic ring is 1. The van der Waals surface area contributed by atoms with Crippen LogP contribution < -0.4 is 16.2 Å². The first-order valence-corrected chi connectivity index (χ1v) is 5.31. The monoisotopic (exact) mass is 303 g/mol. The number of hydrogen-bond acceptors (Lipinski definition) is 5. The van der Waals surface area contributed by atoms with Crippen molar-refractivity contribution >= 4 is 11.8 Å². The van der Waals surface area contributed by atoms with Crippen molar-refractivity contribution in [2.45, 2.75) is 19.3 Å². The quantitative estimate of drug-likeness (QED) is 0.507. The number of hydrogen-bond donors (Lipinski definition) is 2. The van der Waals surface area contributed by atoms with Crippen LogP contribution in [0.15, 0.2) is 6.07 Å². The van der Waals surface area contributed by atoms with Gasteiger partial charge in [0, 0.05) is 12.6 Å². The maximum Gasteiger partial charge on any atom is 0.433 e. The van der Waals surface area contributed by atoms with E-state index in [1.54, 1.807) is 5.43 Å². The van der Waals surface area contributed by atoms with Crippen molar-refractivity contribution in [2.75, 3.05) is 23.4 Å². The van der Waals surface area contributed by atoms with Gasteiger partial charge in [0.15, 0.2) is 5.69 Å². The highest BCUT2D eigenvalue weighted by Crippen LogP contribution is 2.31. The van der Waals surface area contributed by atoms with Crippen molar-refractivity contribution in [1.82, 2.24) is 9.97 Å². The number of alkyl halides is 6. The minimum atomic E-state index is -4.82. The number of hydrazine groups is 1. The second kappa shape index (κ2) is 5.69. The van der Waals surface area contributed by atoms with Gasteiger partial charge in [-0.15, -0.1) is 0 Å². The molecule has 1 aromatic heterocycles. The topological polar surface area (TPSA) is 67.1 Å². The first-order chi connectivity index (χ1) is 9.06. The number of rotatable bonds is 4. The van der Waals surface area contributed by atoms with Gasteiger partial charge in [-0.25, -0.2) is 10.8 Å². The summed E-state index contributed by atoms with van der Waals surface area (Å²) in [6.45, 7) is -0.254. The number of nitrogens with zero attached hydrogens (tertiary/aromatic N) is 3. The van der Waals surface area contributed by atoms with Crippen molar-refractivity contribution in [3.63, 3.8) is 0 Å². The molecular formula is C9H11F6N5. The number of anilines is 2. The first-order valence-electron chi connectivity index (χ1n) is 5.31. The lowest BCUT2D eigenvalue weighted by Gasteiger charge is -2.24. The predicted molar refractivity (Wildman–Crippen MR) is 58.8 cm³/mol. The molecule has 0 radical (unpaired) electrons. The van der Waals surface area contributed by atoms with E-state index >= 15 is 0 Å². The second-order valence-electron chi connectivity index (χ2n) is 3.71. The van der Waals surface area contributed by atoms with E-state index in [9.17, 15) is 26.3 Å². The normalized spacial score (nSPS) is 12.4. The van der Waals surface area contributed by atoms with E-state index in [-0.39, 0.29) is 6.54 Å². The molecule has 0 atom stereocenters. The molecule has 20 heavy (non-hydrogen) atoms. The molecule has 0 saturated heterocycles. The molecular weight excluding hydrogens is 292 g/mol. The van der Waals surface area contributed by atoms with Gasteiger partial charge in [0.05, 0.1) is 0 Å². The van der Waals surface area contributed by atoms with Crippen molar-refractivity contribution in [2.24, 2.45) is 5.84 Å². The van der Waals surface area contributed by atoms with Gasteiger partial charge in [0.1, 0.15) is 12.4 Å². The Morgan fingerprint density at radius 2 is 1.80 bits per heavy atom. The molecule has 0 amide bonds. The molecule has 0 aliphatic carbocycles. The Morgan fingerprint density at radius 3 is 2.20 bits per heavy atom. The molecule has 1 aromatic rings. The Labute approximate surface area is 109 Å². The summed E-state index contributed by atoms with van der Waals surface area (Å²) in [7, 11) is 0. The minimum absolute atomic E-state index is 0.183. The molecule has 0 aromatic carbocycles. The van der Waals surface area contributed by atoms with Crippen LogP contribution >= 0.6 is 0 Å². The number of halogens is 6. The summed E-state index contributed by atoms with van der Waals surface area (Å²) < 4.78 is 74.8. The van der Waals surface area contributed by atoms with Gasteiger partial charge in [-0.3, -0.25) is 5.43 Å². The molecule has 0 saturated carbocycles. The molecule has 0 aliphatic heterocycles. The lowest BCUT2D eigenvalue weighted by molar-refractivity contribution is -0.141. The summed E-state index contributed by atoms with van der Waals surface area (Å²) >= 11 is 0. The zero-order chi connectivity index (χ0) is 15.6. The third kappa shape index (κ3) is 4.40. The van der Waals surface area contributed by atoms with Gasteiger partial charge >= 0.3 is 12.4 Å². The van der Waals surface area contributed by atoms with Crippen LogP contribution in [0.5, 0.6) is 0 Å². The fourth-order valence-electron chi connectivity index (χ4n) is 1.38. The predicted octanol–water partition coefficient (Wildman–Crippen LogP) is 2.17. The minimum Gasteiger partial charge on any atom is -0.348 e. The van der Waals surface area contributed by atoms with Crippen molar-refractivity contribution in [3.8, 4) is 0 Å². The fourth-order valence-corrected chi connectivity index (χ4v) is 1.38. The zero-order valence-corrected chi connectivity index (χ0v) is 10.2. The molecule has 0 fully saturated rings. The summed E-state index contributed by atoms with van der Waals surface area (Å²) in [6.07, 6.45) is -9.39. The summed E-state index contributed by atoms with van der Waals surface area (Å²) in [6, 6.07) is 0.441. The van der Waals surface area contributed by atoms with E-state index in [2.05, 4.69) is 9.97 Å². The Hall–Kier alpha value is -1.78.